The normalized spacial score (nSPS) is 22.9. The van der Waals surface area contributed by atoms with Gasteiger partial charge in [0.2, 0.25) is 5.91 Å². The monoisotopic (exact) mass is 356 g/mol. The fraction of sp³-hybridized carbons (Fsp3) is 0.632. The fourth-order valence-electron chi connectivity index (χ4n) is 4.41. The maximum absolute atomic E-state index is 13.3. The maximum Gasteiger partial charge on any atom is 0.228 e. The number of carbonyl (C=O) groups is 1. The lowest BCUT2D eigenvalue weighted by Gasteiger charge is -2.30. The molecule has 140 valence electrons. The van der Waals surface area contributed by atoms with Crippen LogP contribution in [0.2, 0.25) is 0 Å². The molecule has 2 aromatic heterocycles. The average Bonchev–Trinajstić information content (AvgIpc) is 3.32. The second kappa shape index (κ2) is 6.54. The minimum Gasteiger partial charge on any atom is -0.336 e. The molecule has 7 heteroatoms. The van der Waals surface area contributed by atoms with Gasteiger partial charge in [0.05, 0.1) is 24.4 Å². The van der Waals surface area contributed by atoms with Crippen molar-refractivity contribution in [3.05, 3.63) is 35.2 Å². The van der Waals surface area contributed by atoms with Crippen LogP contribution < -0.4 is 5.32 Å². The number of carbonyl (C=O) groups excluding carboxylic acids is 1. The van der Waals surface area contributed by atoms with Crippen molar-refractivity contribution in [2.45, 2.75) is 38.6 Å². The Kier molecular flexibility index (Phi) is 4.34. The highest BCUT2D eigenvalue weighted by atomic mass is 16.2. The van der Waals surface area contributed by atoms with Gasteiger partial charge in [-0.2, -0.15) is 5.10 Å². The fourth-order valence-corrected chi connectivity index (χ4v) is 4.41. The number of aryl methyl sites for hydroxylation is 1. The number of hydrogen-bond acceptors (Lipinski definition) is 4. The van der Waals surface area contributed by atoms with Crippen LogP contribution in [0.25, 0.3) is 0 Å². The lowest BCUT2D eigenvalue weighted by molar-refractivity contribution is -0.136. The molecule has 7 nitrogen and oxygen atoms in total. The van der Waals surface area contributed by atoms with Crippen molar-refractivity contribution >= 4 is 5.91 Å². The predicted octanol–water partition coefficient (Wildman–Crippen LogP) is 1.16. The number of imidazole rings is 1. The van der Waals surface area contributed by atoms with Crippen LogP contribution in [-0.2, 0) is 31.9 Å². The zero-order chi connectivity index (χ0) is 18.4. The summed E-state index contributed by atoms with van der Waals surface area (Å²) < 4.78 is 4.03. The Hall–Kier alpha value is -2.15. The molecule has 0 radical (unpaired) electrons. The van der Waals surface area contributed by atoms with E-state index in [2.05, 4.69) is 35.9 Å². The van der Waals surface area contributed by atoms with Crippen LogP contribution in [0.4, 0.5) is 0 Å². The second-order valence-electron chi connectivity index (χ2n) is 7.91. The number of hydrogen-bond donors (Lipinski definition) is 1. The molecule has 0 aromatic carbocycles. The number of fused-ring (bicyclic) bond motifs is 1. The molecular formula is C19H28N6O. The van der Waals surface area contributed by atoms with Gasteiger partial charge in [-0.3, -0.25) is 9.48 Å². The van der Waals surface area contributed by atoms with Gasteiger partial charge >= 0.3 is 0 Å². The first-order valence-corrected chi connectivity index (χ1v) is 9.48. The van der Waals surface area contributed by atoms with Gasteiger partial charge < -0.3 is 14.8 Å². The molecular weight excluding hydrogens is 328 g/mol. The van der Waals surface area contributed by atoms with Crippen molar-refractivity contribution in [1.29, 1.82) is 0 Å². The summed E-state index contributed by atoms with van der Waals surface area (Å²) in [5.74, 6) is 1.93. The first-order valence-electron chi connectivity index (χ1n) is 9.48. The average molecular weight is 356 g/mol. The highest BCUT2D eigenvalue weighted by molar-refractivity contribution is 5.81. The quantitative estimate of drug-likeness (QED) is 0.896. The molecule has 1 fully saturated rings. The van der Waals surface area contributed by atoms with E-state index in [0.717, 1.165) is 43.1 Å². The predicted molar refractivity (Wildman–Crippen MR) is 98.7 cm³/mol. The Labute approximate surface area is 154 Å². The van der Waals surface area contributed by atoms with Crippen LogP contribution in [0, 0.1) is 5.92 Å². The number of rotatable bonds is 3. The second-order valence-corrected chi connectivity index (χ2v) is 7.91. The molecule has 26 heavy (non-hydrogen) atoms. The Morgan fingerprint density at radius 1 is 1.31 bits per heavy atom. The molecule has 2 atom stereocenters. The van der Waals surface area contributed by atoms with Crippen molar-refractivity contribution in [2.75, 3.05) is 19.6 Å². The highest BCUT2D eigenvalue weighted by Crippen LogP contribution is 2.31. The summed E-state index contributed by atoms with van der Waals surface area (Å²) in [4.78, 5) is 20.1. The van der Waals surface area contributed by atoms with Crippen molar-refractivity contribution in [1.82, 2.24) is 29.5 Å². The number of nitrogens with zero attached hydrogens (tertiary/aromatic N) is 5. The molecule has 1 N–H and O–H groups in total. The first-order chi connectivity index (χ1) is 12.5. The zero-order valence-electron chi connectivity index (χ0n) is 16.1. The molecule has 1 amide bonds. The highest BCUT2D eigenvalue weighted by Gasteiger charge is 2.38. The number of nitrogens with one attached hydrogen (secondary N) is 1. The third-order valence-corrected chi connectivity index (χ3v) is 5.80. The van der Waals surface area contributed by atoms with E-state index in [0.29, 0.717) is 12.5 Å². The van der Waals surface area contributed by atoms with Gasteiger partial charge in [-0.15, -0.1) is 0 Å². The summed E-state index contributed by atoms with van der Waals surface area (Å²) in [5, 5.41) is 7.67. The zero-order valence-corrected chi connectivity index (χ0v) is 16.1. The molecule has 0 aliphatic carbocycles. The minimum atomic E-state index is -0.0194. The van der Waals surface area contributed by atoms with E-state index in [9.17, 15) is 4.79 Å². The van der Waals surface area contributed by atoms with Crippen LogP contribution in [0.3, 0.4) is 0 Å². The van der Waals surface area contributed by atoms with Crippen LogP contribution in [0.1, 0.15) is 48.5 Å². The van der Waals surface area contributed by atoms with Gasteiger partial charge in [0.25, 0.3) is 0 Å². The summed E-state index contributed by atoms with van der Waals surface area (Å²) in [7, 11) is 4.01. The minimum absolute atomic E-state index is 0.0194. The number of amides is 1. The van der Waals surface area contributed by atoms with Crippen molar-refractivity contribution in [3.8, 4) is 0 Å². The van der Waals surface area contributed by atoms with Crippen LogP contribution in [-0.4, -0.2) is 49.8 Å². The molecule has 1 saturated heterocycles. The van der Waals surface area contributed by atoms with Gasteiger partial charge in [0.15, 0.2) is 0 Å². The van der Waals surface area contributed by atoms with E-state index in [4.69, 9.17) is 4.98 Å². The Balaban J connectivity index is 1.53. The van der Waals surface area contributed by atoms with E-state index in [-0.39, 0.29) is 17.7 Å². The Bertz CT molecular complexity index is 820. The summed E-state index contributed by atoms with van der Waals surface area (Å²) in [6.07, 6.45) is 4.80. The summed E-state index contributed by atoms with van der Waals surface area (Å²) in [6.45, 7) is 7.31. The third-order valence-electron chi connectivity index (χ3n) is 5.80. The third kappa shape index (κ3) is 2.84. The summed E-state index contributed by atoms with van der Waals surface area (Å²) in [6, 6.07) is 0. The molecule has 2 aliphatic rings. The summed E-state index contributed by atoms with van der Waals surface area (Å²) in [5.41, 5.74) is 3.50. The molecule has 0 spiro atoms. The van der Waals surface area contributed by atoms with Crippen molar-refractivity contribution < 1.29 is 4.79 Å². The summed E-state index contributed by atoms with van der Waals surface area (Å²) >= 11 is 0. The molecule has 2 aromatic rings. The van der Waals surface area contributed by atoms with E-state index < -0.39 is 0 Å². The molecule has 0 saturated carbocycles. The van der Waals surface area contributed by atoms with E-state index >= 15 is 0 Å². The largest absolute Gasteiger partial charge is 0.336 e. The van der Waals surface area contributed by atoms with E-state index in [1.807, 2.05) is 29.0 Å². The van der Waals surface area contributed by atoms with Gasteiger partial charge in [0.1, 0.15) is 5.82 Å². The Morgan fingerprint density at radius 2 is 2.12 bits per heavy atom. The van der Waals surface area contributed by atoms with Crippen LogP contribution >= 0.6 is 0 Å². The van der Waals surface area contributed by atoms with E-state index in [1.165, 1.54) is 5.69 Å². The van der Waals surface area contributed by atoms with Crippen molar-refractivity contribution in [2.24, 2.45) is 20.0 Å². The van der Waals surface area contributed by atoms with Gasteiger partial charge in [-0.1, -0.05) is 13.8 Å². The Morgan fingerprint density at radius 3 is 2.81 bits per heavy atom. The molecule has 0 unspecified atom stereocenters. The first kappa shape index (κ1) is 17.3. The maximum atomic E-state index is 13.3. The van der Waals surface area contributed by atoms with Gasteiger partial charge in [0, 0.05) is 63.9 Å². The molecule has 4 heterocycles. The van der Waals surface area contributed by atoms with Gasteiger partial charge in [-0.25, -0.2) is 4.98 Å². The lowest BCUT2D eigenvalue weighted by atomic mass is 9.89. The smallest absolute Gasteiger partial charge is 0.228 e. The van der Waals surface area contributed by atoms with Crippen molar-refractivity contribution in [3.63, 3.8) is 0 Å². The van der Waals surface area contributed by atoms with Crippen LogP contribution in [0.15, 0.2) is 12.4 Å². The lowest BCUT2D eigenvalue weighted by Crippen LogP contribution is -2.42. The van der Waals surface area contributed by atoms with Gasteiger partial charge in [-0.05, 0) is 5.56 Å². The van der Waals surface area contributed by atoms with E-state index in [1.54, 1.807) is 0 Å². The molecule has 2 aliphatic heterocycles. The van der Waals surface area contributed by atoms with Crippen LogP contribution in [0.5, 0.6) is 0 Å². The number of aromatic nitrogens is 4. The SMILES string of the molecule is CC(C)c1nc2c(n1C)CCN(C(=O)[C@H]1CNC[C@@H]1c1cnn(C)c1)C2. The standard InChI is InChI=1S/C19H28N6O/c1-12(2)18-22-16-11-25(6-5-17(16)24(18)4)19(26)15-9-20-8-14(15)13-7-21-23(3)10-13/h7,10,12,14-15,20H,5-6,8-9,11H2,1-4H3/t14-,15+/m1/s1. The topological polar surface area (TPSA) is 68.0 Å². The molecule has 0 bridgehead atoms. The molecule has 4 rings (SSSR count).